The van der Waals surface area contributed by atoms with Gasteiger partial charge in [-0.15, -0.1) is 30.6 Å². The molecule has 3 unspecified atom stereocenters. The second-order valence-corrected chi connectivity index (χ2v) is 24.5. The second-order valence-electron chi connectivity index (χ2n) is 24.5. The normalized spacial score (nSPS) is 21.1. The molecule has 10 rings (SSSR count). The molecule has 37 heteroatoms. The number of hydrogen-bond donors (Lipinski definition) is 4. The number of aromatic nitrogens is 9. The highest BCUT2D eigenvalue weighted by atomic mass is 19.4. The summed E-state index contributed by atoms with van der Waals surface area (Å²) in [7, 11) is 1.67. The summed E-state index contributed by atoms with van der Waals surface area (Å²) >= 11 is 0. The number of carbonyl (C=O) groups is 6. The van der Waals surface area contributed by atoms with Gasteiger partial charge < -0.3 is 73.5 Å². The maximum atomic E-state index is 13.0. The summed E-state index contributed by atoms with van der Waals surface area (Å²) in [5.41, 5.74) is -1.80. The molecular weight excluding hydrogens is 1230 g/mol. The first-order valence-corrected chi connectivity index (χ1v) is 30.2. The van der Waals surface area contributed by atoms with Crippen molar-refractivity contribution in [3.05, 3.63) is 34.9 Å². The van der Waals surface area contributed by atoms with Crippen LogP contribution in [0, 0.1) is 0 Å². The molecule has 4 N–H and O–H groups in total. The van der Waals surface area contributed by atoms with E-state index in [1.54, 1.807) is 21.1 Å². The molecule has 0 aliphatic carbocycles. The van der Waals surface area contributed by atoms with Crippen LogP contribution in [0.2, 0.25) is 0 Å². The Morgan fingerprint density at radius 2 is 0.890 bits per heavy atom. The van der Waals surface area contributed by atoms with E-state index in [2.05, 4.69) is 71.0 Å². The van der Waals surface area contributed by atoms with Crippen LogP contribution in [0.25, 0.3) is 0 Å². The third kappa shape index (κ3) is 17.3. The van der Waals surface area contributed by atoms with E-state index >= 15 is 0 Å². The van der Waals surface area contributed by atoms with Gasteiger partial charge in [-0.1, -0.05) is 0 Å². The average Bonchev–Trinajstić information content (AvgIpc) is 1.76. The standard InChI is InChI=1S/C21H31F3N6O4.C17H25F3N6O3.C16H23F3N6O3/c1-14(21(22,23)24)34-19(32)28-7-5-20(2,6-8-28)25-18(31)17-27-26-16-13-29(9-10-30(16)17)15-3-11-33-12-4-15;1-11(17(18,19)20)29-15(28)25-7-4-16(2,5-8-25)24(3)14(27)13-23-22-12-10-21-6-9-26(12)13;1-10(16(17,18)19)28-14(27)24-6-3-15(2,4-7-24)21-13(26)12-23-22-11-9-20-5-8-25(11)12/h14-15H,3-13H2,1-2H3,(H,25,31);11,21H,4-10H2,1-3H3;10,20H,3-9H2,1-2H3,(H,21,26). The van der Waals surface area contributed by atoms with E-state index in [4.69, 9.17) is 4.74 Å². The van der Waals surface area contributed by atoms with Crippen LogP contribution in [0.3, 0.4) is 0 Å². The SMILES string of the molecule is CC(OC(=O)N1CCC(C)(N(C)C(=O)c2nnc3n2CCNC3)CC1)C(F)(F)F.CC(OC(=O)N1CCC(C)(NC(=O)c2nnc3n2CCN(C2CCOCC2)C3)CC1)C(F)(F)F.CC(OC(=O)N1CCC(C)(NC(=O)c2nnc3n2CCNC3)CC1)C(F)(F)F. The summed E-state index contributed by atoms with van der Waals surface area (Å²) in [5, 5.41) is 36.7. The van der Waals surface area contributed by atoms with Gasteiger partial charge in [0, 0.05) is 121 Å². The summed E-state index contributed by atoms with van der Waals surface area (Å²) in [6.45, 7) is 16.4. The molecule has 91 heavy (non-hydrogen) atoms. The Hall–Kier alpha value is -7.15. The van der Waals surface area contributed by atoms with Crippen molar-refractivity contribution >= 4 is 36.0 Å². The Balaban J connectivity index is 0.000000177. The molecule has 6 amide bonds. The lowest BCUT2D eigenvalue weighted by molar-refractivity contribution is -0.200. The lowest BCUT2D eigenvalue weighted by Gasteiger charge is -2.44. The molecule has 7 aliphatic heterocycles. The van der Waals surface area contributed by atoms with Gasteiger partial charge in [-0.05, 0) is 92.9 Å². The quantitative estimate of drug-likeness (QED) is 0.162. The molecule has 4 saturated heterocycles. The molecule has 0 bridgehead atoms. The molecule has 3 aromatic rings. The van der Waals surface area contributed by atoms with Gasteiger partial charge in [0.15, 0.2) is 18.3 Å². The summed E-state index contributed by atoms with van der Waals surface area (Å²) in [5.74, 6) is 1.94. The highest BCUT2D eigenvalue weighted by molar-refractivity contribution is 5.92. The molecule has 10 heterocycles. The summed E-state index contributed by atoms with van der Waals surface area (Å²) in [6, 6.07) is 0.450. The fraction of sp³-hybridized carbons (Fsp3) is 0.778. The number of fused-ring (bicyclic) bond motifs is 3. The van der Waals surface area contributed by atoms with Gasteiger partial charge in [0.25, 0.3) is 17.7 Å². The van der Waals surface area contributed by atoms with Crippen molar-refractivity contribution in [1.82, 2.24) is 90.1 Å². The van der Waals surface area contributed by atoms with Crippen molar-refractivity contribution in [3.8, 4) is 0 Å². The number of nitrogens with one attached hydrogen (secondary N) is 4. The molecule has 4 fully saturated rings. The molecule has 0 saturated carbocycles. The molecule has 508 valence electrons. The molecule has 0 spiro atoms. The number of hydrogen-bond acceptors (Lipinski definition) is 19. The third-order valence-electron chi connectivity index (χ3n) is 17.8. The molecule has 3 aromatic heterocycles. The predicted octanol–water partition coefficient (Wildman–Crippen LogP) is 4.39. The fourth-order valence-electron chi connectivity index (χ4n) is 11.3. The van der Waals surface area contributed by atoms with Crippen molar-refractivity contribution in [2.75, 3.05) is 79.2 Å². The number of halogens is 9. The average molecular weight is 1310 g/mol. The minimum absolute atomic E-state index is 0.179. The fourth-order valence-corrected chi connectivity index (χ4v) is 11.3. The third-order valence-corrected chi connectivity index (χ3v) is 17.8. The highest BCUT2D eigenvalue weighted by Gasteiger charge is 2.46. The van der Waals surface area contributed by atoms with Crippen LogP contribution in [0.5, 0.6) is 0 Å². The van der Waals surface area contributed by atoms with Gasteiger partial charge in [-0.25, -0.2) is 14.4 Å². The molecule has 0 aromatic carbocycles. The van der Waals surface area contributed by atoms with E-state index < -0.39 is 71.7 Å². The van der Waals surface area contributed by atoms with Crippen LogP contribution >= 0.6 is 0 Å². The van der Waals surface area contributed by atoms with Crippen molar-refractivity contribution in [3.63, 3.8) is 0 Å². The number of piperidine rings is 3. The lowest BCUT2D eigenvalue weighted by Crippen LogP contribution is -2.55. The van der Waals surface area contributed by atoms with E-state index in [9.17, 15) is 68.3 Å². The Morgan fingerprint density at radius 1 is 0.527 bits per heavy atom. The summed E-state index contributed by atoms with van der Waals surface area (Å²) in [6.07, 6.45) is -19.0. The number of nitrogens with zero attached hydrogens (tertiary/aromatic N) is 14. The Bertz CT molecular complexity index is 3040. The molecular formula is C54H79F9N18O10. The number of carbonyl (C=O) groups excluding carboxylic acids is 6. The van der Waals surface area contributed by atoms with Crippen LogP contribution in [-0.2, 0) is 58.2 Å². The van der Waals surface area contributed by atoms with E-state index in [0.29, 0.717) is 95.5 Å². The maximum Gasteiger partial charge on any atom is 0.425 e. The smallest absolute Gasteiger partial charge is 0.425 e. The highest BCUT2D eigenvalue weighted by Crippen LogP contribution is 2.33. The van der Waals surface area contributed by atoms with E-state index in [1.807, 2.05) is 25.3 Å². The van der Waals surface area contributed by atoms with E-state index in [1.165, 1.54) is 14.7 Å². The van der Waals surface area contributed by atoms with E-state index in [-0.39, 0.29) is 74.5 Å². The predicted molar refractivity (Wildman–Crippen MR) is 298 cm³/mol. The Kier molecular flexibility index (Phi) is 21.7. The van der Waals surface area contributed by atoms with Crippen LogP contribution in [0.1, 0.15) is 142 Å². The van der Waals surface area contributed by atoms with Crippen molar-refractivity contribution in [2.45, 2.75) is 192 Å². The number of amides is 6. The van der Waals surface area contributed by atoms with Crippen LogP contribution in [0.4, 0.5) is 53.9 Å². The van der Waals surface area contributed by atoms with Crippen LogP contribution in [0.15, 0.2) is 0 Å². The van der Waals surface area contributed by atoms with Gasteiger partial charge >= 0.3 is 36.8 Å². The van der Waals surface area contributed by atoms with Gasteiger partial charge in [0.2, 0.25) is 17.5 Å². The molecule has 28 nitrogen and oxygen atoms in total. The number of rotatable bonds is 10. The molecule has 7 aliphatic rings. The van der Waals surface area contributed by atoms with Crippen molar-refractivity contribution < 1.29 is 87.2 Å². The second kappa shape index (κ2) is 28.4. The van der Waals surface area contributed by atoms with Crippen molar-refractivity contribution in [1.29, 1.82) is 0 Å². The zero-order chi connectivity index (χ0) is 66.4. The number of likely N-dealkylation sites (tertiary alicyclic amines) is 3. The van der Waals surface area contributed by atoms with Gasteiger partial charge in [0.05, 0.1) is 19.6 Å². The van der Waals surface area contributed by atoms with Gasteiger partial charge in [-0.2, -0.15) is 39.5 Å². The minimum Gasteiger partial charge on any atom is -0.437 e. The van der Waals surface area contributed by atoms with Gasteiger partial charge in [-0.3, -0.25) is 19.3 Å². The summed E-state index contributed by atoms with van der Waals surface area (Å²) in [4.78, 5) is 82.3. The van der Waals surface area contributed by atoms with Crippen LogP contribution < -0.4 is 21.3 Å². The molecule has 0 radical (unpaired) electrons. The largest absolute Gasteiger partial charge is 0.437 e. The van der Waals surface area contributed by atoms with E-state index in [0.717, 1.165) is 72.3 Å². The maximum absolute atomic E-state index is 13.0. The Labute approximate surface area is 517 Å². The zero-order valence-corrected chi connectivity index (χ0v) is 51.7. The van der Waals surface area contributed by atoms with Crippen LogP contribution in [-0.4, -0.2) is 243 Å². The topological polar surface area (TPSA) is 296 Å². The monoisotopic (exact) mass is 1310 g/mol. The number of alkyl halides is 9. The first-order valence-electron chi connectivity index (χ1n) is 30.2. The Morgan fingerprint density at radius 3 is 1.30 bits per heavy atom. The zero-order valence-electron chi connectivity index (χ0n) is 51.7. The number of ether oxygens (including phenoxy) is 4. The summed E-state index contributed by atoms with van der Waals surface area (Å²) < 4.78 is 138. The van der Waals surface area contributed by atoms with Crippen molar-refractivity contribution in [2.24, 2.45) is 0 Å². The molecule has 3 atom stereocenters. The first kappa shape index (κ1) is 69.7. The van der Waals surface area contributed by atoms with Gasteiger partial charge in [0.1, 0.15) is 17.5 Å². The lowest BCUT2D eigenvalue weighted by atomic mass is 9.88. The first-order chi connectivity index (χ1) is 42.7. The minimum atomic E-state index is -4.60.